The molecule has 1 aromatic carbocycles. The molecule has 3 aromatic rings. The van der Waals surface area contributed by atoms with Crippen LogP contribution in [0.25, 0.3) is 10.2 Å². The zero-order valence-electron chi connectivity index (χ0n) is 15.1. The van der Waals surface area contributed by atoms with Crippen molar-refractivity contribution in [1.82, 2.24) is 4.57 Å². The second-order valence-electron chi connectivity index (χ2n) is 6.05. The van der Waals surface area contributed by atoms with Gasteiger partial charge < -0.3 is 14.6 Å². The Morgan fingerprint density at radius 1 is 1.21 bits per heavy atom. The summed E-state index contributed by atoms with van der Waals surface area (Å²) in [6, 6.07) is 7.94. The number of aryl methyl sites for hydroxylation is 1. The summed E-state index contributed by atoms with van der Waals surface area (Å²) in [6.45, 7) is 1.76. The molecular weight excluding hydrogens is 393 g/mol. The van der Waals surface area contributed by atoms with Gasteiger partial charge in [-0.2, -0.15) is 13.2 Å². The van der Waals surface area contributed by atoms with Crippen LogP contribution >= 0.6 is 11.3 Å². The molecule has 0 atom stereocenters. The molecule has 2 aromatic heterocycles. The van der Waals surface area contributed by atoms with Crippen molar-refractivity contribution in [3.05, 3.63) is 52.5 Å². The van der Waals surface area contributed by atoms with E-state index < -0.39 is 23.6 Å². The Morgan fingerprint density at radius 3 is 2.61 bits per heavy atom. The van der Waals surface area contributed by atoms with Crippen molar-refractivity contribution >= 4 is 39.1 Å². The first-order chi connectivity index (χ1) is 13.2. The number of carbonyl (C=O) groups is 2. The first-order valence-corrected chi connectivity index (χ1v) is 9.22. The minimum absolute atomic E-state index is 0.0300. The summed E-state index contributed by atoms with van der Waals surface area (Å²) in [7, 11) is 1.24. The topological polar surface area (TPSA) is 60.3 Å². The van der Waals surface area contributed by atoms with Crippen LogP contribution in [-0.2, 0) is 28.7 Å². The van der Waals surface area contributed by atoms with Gasteiger partial charge in [0.1, 0.15) is 12.2 Å². The number of alkyl halides is 3. The van der Waals surface area contributed by atoms with Gasteiger partial charge in [0.15, 0.2) is 0 Å². The molecule has 0 unspecified atom stereocenters. The van der Waals surface area contributed by atoms with E-state index in [1.54, 1.807) is 6.07 Å². The molecule has 148 valence electrons. The van der Waals surface area contributed by atoms with E-state index in [4.69, 9.17) is 4.74 Å². The average molecular weight is 410 g/mol. The zero-order chi connectivity index (χ0) is 20.5. The molecule has 5 nitrogen and oxygen atoms in total. The van der Waals surface area contributed by atoms with Gasteiger partial charge in [0.25, 0.3) is 0 Å². The number of rotatable bonds is 5. The van der Waals surface area contributed by atoms with Crippen molar-refractivity contribution < 1.29 is 27.5 Å². The van der Waals surface area contributed by atoms with Crippen LogP contribution in [0.2, 0.25) is 0 Å². The number of anilines is 1. The standard InChI is InChI=1S/C19H17F3N2O3S/c1-3-13-8-14-16(28-13)9-15(18(26)27-2)24(14)10-17(25)23-12-6-4-5-11(7-12)19(20,21)22/h4-9H,3,10H2,1-2H3,(H,23,25). The van der Waals surface area contributed by atoms with E-state index in [1.165, 1.54) is 35.1 Å². The normalized spacial score (nSPS) is 11.6. The third-order valence-electron chi connectivity index (χ3n) is 4.16. The number of benzene rings is 1. The van der Waals surface area contributed by atoms with Crippen LogP contribution in [0.5, 0.6) is 0 Å². The number of ether oxygens (including phenoxy) is 1. The third kappa shape index (κ3) is 4.04. The van der Waals surface area contributed by atoms with E-state index in [0.717, 1.165) is 28.1 Å². The van der Waals surface area contributed by atoms with E-state index in [-0.39, 0.29) is 17.9 Å². The second-order valence-corrected chi connectivity index (χ2v) is 7.22. The highest BCUT2D eigenvalue weighted by atomic mass is 32.1. The van der Waals surface area contributed by atoms with Gasteiger partial charge in [-0.05, 0) is 36.8 Å². The molecule has 0 aliphatic carbocycles. The number of nitrogens with zero attached hydrogens (tertiary/aromatic N) is 1. The SMILES string of the molecule is CCc1cc2c(cc(C(=O)OC)n2CC(=O)Nc2cccc(C(F)(F)F)c2)s1. The Kier molecular flexibility index (Phi) is 5.46. The minimum Gasteiger partial charge on any atom is -0.464 e. The highest BCUT2D eigenvalue weighted by molar-refractivity contribution is 7.19. The van der Waals surface area contributed by atoms with Crippen molar-refractivity contribution in [2.75, 3.05) is 12.4 Å². The van der Waals surface area contributed by atoms with Gasteiger partial charge in [-0.3, -0.25) is 4.79 Å². The molecule has 0 saturated heterocycles. The number of aromatic nitrogens is 1. The smallest absolute Gasteiger partial charge is 0.416 e. The van der Waals surface area contributed by atoms with Gasteiger partial charge in [0.2, 0.25) is 5.91 Å². The zero-order valence-corrected chi connectivity index (χ0v) is 15.9. The van der Waals surface area contributed by atoms with Gasteiger partial charge in [0, 0.05) is 10.6 Å². The average Bonchev–Trinajstić information content (AvgIpc) is 3.19. The molecule has 0 radical (unpaired) electrons. The molecule has 0 fully saturated rings. The predicted octanol–water partition coefficient (Wildman–Crippen LogP) is 4.71. The molecular formula is C19H17F3N2O3S. The number of amides is 1. The van der Waals surface area contributed by atoms with Gasteiger partial charge >= 0.3 is 12.1 Å². The van der Waals surface area contributed by atoms with Gasteiger partial charge in [0.05, 0.1) is 22.9 Å². The Bertz CT molecular complexity index is 1040. The van der Waals surface area contributed by atoms with Crippen LogP contribution in [0.1, 0.15) is 27.9 Å². The van der Waals surface area contributed by atoms with Crippen LogP contribution in [-0.4, -0.2) is 23.6 Å². The lowest BCUT2D eigenvalue weighted by molar-refractivity contribution is -0.137. The minimum atomic E-state index is -4.50. The fourth-order valence-corrected chi connectivity index (χ4v) is 3.87. The van der Waals surface area contributed by atoms with Crippen LogP contribution in [0.4, 0.5) is 18.9 Å². The van der Waals surface area contributed by atoms with Crippen LogP contribution in [0.15, 0.2) is 36.4 Å². The number of esters is 1. The Labute approximate surface area is 162 Å². The van der Waals surface area contributed by atoms with Crippen LogP contribution in [0.3, 0.4) is 0 Å². The maximum atomic E-state index is 12.8. The molecule has 0 aliphatic rings. The largest absolute Gasteiger partial charge is 0.464 e. The molecule has 0 bridgehead atoms. The fraction of sp³-hybridized carbons (Fsp3) is 0.263. The van der Waals surface area contributed by atoms with Gasteiger partial charge in [-0.1, -0.05) is 13.0 Å². The van der Waals surface area contributed by atoms with Crippen molar-refractivity contribution in [2.24, 2.45) is 0 Å². The molecule has 28 heavy (non-hydrogen) atoms. The molecule has 1 N–H and O–H groups in total. The predicted molar refractivity (Wildman–Crippen MR) is 101 cm³/mol. The molecule has 1 amide bonds. The molecule has 0 saturated carbocycles. The lowest BCUT2D eigenvalue weighted by Gasteiger charge is -2.12. The summed E-state index contributed by atoms with van der Waals surface area (Å²) in [4.78, 5) is 25.6. The highest BCUT2D eigenvalue weighted by Gasteiger charge is 2.30. The lowest BCUT2D eigenvalue weighted by Crippen LogP contribution is -2.22. The van der Waals surface area contributed by atoms with E-state index >= 15 is 0 Å². The van der Waals surface area contributed by atoms with E-state index in [9.17, 15) is 22.8 Å². The second kappa shape index (κ2) is 7.67. The van der Waals surface area contributed by atoms with Crippen molar-refractivity contribution in [1.29, 1.82) is 0 Å². The Hall–Kier alpha value is -2.81. The number of thiophene rings is 1. The Morgan fingerprint density at radius 2 is 1.96 bits per heavy atom. The summed E-state index contributed by atoms with van der Waals surface area (Å²) in [5.41, 5.74) is 0.101. The molecule has 0 aliphatic heterocycles. The number of nitrogens with one attached hydrogen (secondary N) is 1. The number of methoxy groups -OCH3 is 1. The molecule has 3 rings (SSSR count). The number of hydrogen-bond acceptors (Lipinski definition) is 4. The molecule has 0 spiro atoms. The number of hydrogen-bond donors (Lipinski definition) is 1. The van der Waals surface area contributed by atoms with E-state index in [0.29, 0.717) is 5.52 Å². The first kappa shape index (κ1) is 19.9. The lowest BCUT2D eigenvalue weighted by atomic mass is 10.2. The summed E-state index contributed by atoms with van der Waals surface area (Å²) in [5, 5.41) is 2.45. The molecule has 2 heterocycles. The van der Waals surface area contributed by atoms with Gasteiger partial charge in [-0.15, -0.1) is 11.3 Å². The van der Waals surface area contributed by atoms with Gasteiger partial charge in [-0.25, -0.2) is 4.79 Å². The van der Waals surface area contributed by atoms with Crippen molar-refractivity contribution in [3.8, 4) is 0 Å². The highest BCUT2D eigenvalue weighted by Crippen LogP contribution is 2.31. The summed E-state index contributed by atoms with van der Waals surface area (Å²) >= 11 is 1.51. The fourth-order valence-electron chi connectivity index (χ4n) is 2.83. The Balaban J connectivity index is 1.88. The quantitative estimate of drug-likeness (QED) is 0.620. The third-order valence-corrected chi connectivity index (χ3v) is 5.37. The number of halogens is 3. The van der Waals surface area contributed by atoms with E-state index in [2.05, 4.69) is 5.32 Å². The van der Waals surface area contributed by atoms with Crippen molar-refractivity contribution in [3.63, 3.8) is 0 Å². The van der Waals surface area contributed by atoms with Crippen LogP contribution in [0, 0.1) is 0 Å². The maximum absolute atomic E-state index is 12.8. The molecule has 9 heteroatoms. The number of carbonyl (C=O) groups excluding carboxylic acids is 2. The summed E-state index contributed by atoms with van der Waals surface area (Å²) < 4.78 is 45.6. The summed E-state index contributed by atoms with van der Waals surface area (Å²) in [6.07, 6.45) is -3.69. The summed E-state index contributed by atoms with van der Waals surface area (Å²) in [5.74, 6) is -1.14. The van der Waals surface area contributed by atoms with Crippen molar-refractivity contribution in [2.45, 2.75) is 26.1 Å². The monoisotopic (exact) mass is 410 g/mol. The van der Waals surface area contributed by atoms with Crippen LogP contribution < -0.4 is 5.32 Å². The number of fused-ring (bicyclic) bond motifs is 1. The maximum Gasteiger partial charge on any atom is 0.416 e. The van der Waals surface area contributed by atoms with E-state index in [1.807, 2.05) is 13.0 Å². The first-order valence-electron chi connectivity index (χ1n) is 8.40.